The van der Waals surface area contributed by atoms with Gasteiger partial charge >= 0.3 is 0 Å². The Balaban J connectivity index is 1.91. The van der Waals surface area contributed by atoms with Gasteiger partial charge in [0.15, 0.2) is 0 Å². The standard InChI is InChI=1S/C14H16N4O2/c15-10-4-1-3-9-7-11(17-13(9)10)14(20)18-6-2-5-16-12(19)8-18/h1,3-4,7,17H,2,5-6,8,15H2,(H,16,19). The number of nitrogens with two attached hydrogens (primary N) is 1. The van der Waals surface area contributed by atoms with Crippen LogP contribution in [0, 0.1) is 0 Å². The summed E-state index contributed by atoms with van der Waals surface area (Å²) in [6.45, 7) is 1.29. The van der Waals surface area contributed by atoms with E-state index in [9.17, 15) is 9.59 Å². The van der Waals surface area contributed by atoms with Gasteiger partial charge in [0, 0.05) is 18.5 Å². The van der Waals surface area contributed by atoms with Gasteiger partial charge in [-0.3, -0.25) is 9.59 Å². The lowest BCUT2D eigenvalue weighted by Crippen LogP contribution is -2.37. The minimum atomic E-state index is -0.169. The zero-order chi connectivity index (χ0) is 14.1. The monoisotopic (exact) mass is 272 g/mol. The number of benzene rings is 1. The van der Waals surface area contributed by atoms with Crippen LogP contribution < -0.4 is 11.1 Å². The number of para-hydroxylation sites is 1. The molecule has 2 aromatic rings. The summed E-state index contributed by atoms with van der Waals surface area (Å²) in [5, 5.41) is 3.65. The molecule has 6 heteroatoms. The number of fused-ring (bicyclic) bond motifs is 1. The molecule has 104 valence electrons. The molecular formula is C14H16N4O2. The predicted molar refractivity (Wildman–Crippen MR) is 76.2 cm³/mol. The van der Waals surface area contributed by atoms with E-state index in [1.165, 1.54) is 0 Å². The van der Waals surface area contributed by atoms with Gasteiger partial charge in [-0.15, -0.1) is 0 Å². The third-order valence-corrected chi connectivity index (χ3v) is 3.47. The topological polar surface area (TPSA) is 91.2 Å². The average Bonchev–Trinajstić information content (AvgIpc) is 2.75. The van der Waals surface area contributed by atoms with E-state index < -0.39 is 0 Å². The van der Waals surface area contributed by atoms with Gasteiger partial charge in [0.1, 0.15) is 5.69 Å². The molecule has 1 fully saturated rings. The number of aromatic amines is 1. The summed E-state index contributed by atoms with van der Waals surface area (Å²) in [5.74, 6) is -0.288. The van der Waals surface area contributed by atoms with Crippen LogP contribution in [0.3, 0.4) is 0 Å². The van der Waals surface area contributed by atoms with Crippen LogP contribution in [0.5, 0.6) is 0 Å². The van der Waals surface area contributed by atoms with Crippen molar-refractivity contribution >= 4 is 28.4 Å². The fourth-order valence-corrected chi connectivity index (χ4v) is 2.44. The van der Waals surface area contributed by atoms with Crippen LogP contribution in [0.25, 0.3) is 10.9 Å². The normalized spacial score (nSPS) is 16.0. The molecule has 1 aliphatic heterocycles. The molecule has 1 saturated heterocycles. The lowest BCUT2D eigenvalue weighted by molar-refractivity contribution is -0.121. The summed E-state index contributed by atoms with van der Waals surface area (Å²) >= 11 is 0. The lowest BCUT2D eigenvalue weighted by Gasteiger charge is -2.17. The van der Waals surface area contributed by atoms with Gasteiger partial charge in [0.05, 0.1) is 17.7 Å². The SMILES string of the molecule is Nc1cccc2cc(C(=O)N3CCCNC(=O)C3)[nH]c12. The minimum Gasteiger partial charge on any atom is -0.397 e. The van der Waals surface area contributed by atoms with Crippen LogP contribution in [0.2, 0.25) is 0 Å². The molecule has 2 amide bonds. The number of carbonyl (C=O) groups is 2. The van der Waals surface area contributed by atoms with Crippen LogP contribution in [-0.2, 0) is 4.79 Å². The Kier molecular flexibility index (Phi) is 3.06. The largest absolute Gasteiger partial charge is 0.397 e. The summed E-state index contributed by atoms with van der Waals surface area (Å²) < 4.78 is 0. The highest BCUT2D eigenvalue weighted by atomic mass is 16.2. The first-order valence-corrected chi connectivity index (χ1v) is 6.58. The fourth-order valence-electron chi connectivity index (χ4n) is 2.44. The van der Waals surface area contributed by atoms with Crippen LogP contribution in [0.1, 0.15) is 16.9 Å². The molecule has 0 bridgehead atoms. The van der Waals surface area contributed by atoms with Gasteiger partial charge in [0.2, 0.25) is 5.91 Å². The Morgan fingerprint density at radius 3 is 3.00 bits per heavy atom. The molecular weight excluding hydrogens is 256 g/mol. The van der Waals surface area contributed by atoms with E-state index in [1.807, 2.05) is 12.1 Å². The molecule has 20 heavy (non-hydrogen) atoms. The second-order valence-electron chi connectivity index (χ2n) is 4.92. The first-order valence-electron chi connectivity index (χ1n) is 6.58. The maximum Gasteiger partial charge on any atom is 0.270 e. The second-order valence-corrected chi connectivity index (χ2v) is 4.92. The maximum absolute atomic E-state index is 12.5. The molecule has 1 aliphatic rings. The van der Waals surface area contributed by atoms with Crippen molar-refractivity contribution in [2.24, 2.45) is 0 Å². The quantitative estimate of drug-likeness (QED) is 0.668. The van der Waals surface area contributed by atoms with Crippen molar-refractivity contribution in [3.63, 3.8) is 0 Å². The van der Waals surface area contributed by atoms with E-state index in [1.54, 1.807) is 17.0 Å². The Morgan fingerprint density at radius 2 is 2.20 bits per heavy atom. The molecule has 6 nitrogen and oxygen atoms in total. The van der Waals surface area contributed by atoms with Gasteiger partial charge < -0.3 is 20.9 Å². The number of hydrogen-bond acceptors (Lipinski definition) is 3. The molecule has 0 atom stereocenters. The van der Waals surface area contributed by atoms with Crippen molar-refractivity contribution in [3.05, 3.63) is 30.0 Å². The average molecular weight is 272 g/mol. The molecule has 1 aromatic heterocycles. The molecule has 2 heterocycles. The van der Waals surface area contributed by atoms with E-state index >= 15 is 0 Å². The van der Waals surface area contributed by atoms with Crippen LogP contribution in [0.4, 0.5) is 5.69 Å². The highest BCUT2D eigenvalue weighted by molar-refractivity contribution is 6.01. The van der Waals surface area contributed by atoms with E-state index in [2.05, 4.69) is 10.3 Å². The molecule has 0 unspecified atom stereocenters. The molecule has 4 N–H and O–H groups in total. The van der Waals surface area contributed by atoms with Gasteiger partial charge in [0.25, 0.3) is 5.91 Å². The predicted octanol–water partition coefficient (Wildman–Crippen LogP) is 0.712. The lowest BCUT2D eigenvalue weighted by atomic mass is 10.2. The number of nitrogen functional groups attached to an aromatic ring is 1. The van der Waals surface area contributed by atoms with Gasteiger partial charge in [-0.25, -0.2) is 0 Å². The van der Waals surface area contributed by atoms with Crippen LogP contribution in [0.15, 0.2) is 24.3 Å². The van der Waals surface area contributed by atoms with Gasteiger partial charge in [-0.05, 0) is 18.6 Å². The van der Waals surface area contributed by atoms with Gasteiger partial charge in [-0.2, -0.15) is 0 Å². The Morgan fingerprint density at radius 1 is 1.35 bits per heavy atom. The van der Waals surface area contributed by atoms with Crippen molar-refractivity contribution in [1.82, 2.24) is 15.2 Å². The third-order valence-electron chi connectivity index (χ3n) is 3.47. The van der Waals surface area contributed by atoms with Gasteiger partial charge in [-0.1, -0.05) is 12.1 Å². The summed E-state index contributed by atoms with van der Waals surface area (Å²) in [4.78, 5) is 28.6. The van der Waals surface area contributed by atoms with E-state index in [4.69, 9.17) is 5.73 Å². The van der Waals surface area contributed by atoms with Crippen molar-refractivity contribution < 1.29 is 9.59 Å². The number of aromatic nitrogens is 1. The fraction of sp³-hybridized carbons (Fsp3) is 0.286. The number of H-pyrrole nitrogens is 1. The summed E-state index contributed by atoms with van der Waals surface area (Å²) in [6, 6.07) is 7.30. The van der Waals surface area contributed by atoms with E-state index in [0.29, 0.717) is 24.5 Å². The zero-order valence-corrected chi connectivity index (χ0v) is 11.0. The summed E-state index contributed by atoms with van der Waals surface area (Å²) in [5.41, 5.74) is 7.71. The second kappa shape index (κ2) is 4.88. The number of nitrogens with zero attached hydrogens (tertiary/aromatic N) is 1. The zero-order valence-electron chi connectivity index (χ0n) is 11.0. The Labute approximate surface area is 115 Å². The number of anilines is 1. The van der Waals surface area contributed by atoms with Crippen molar-refractivity contribution in [1.29, 1.82) is 0 Å². The number of amides is 2. The summed E-state index contributed by atoms with van der Waals surface area (Å²) in [7, 11) is 0. The van der Waals surface area contributed by atoms with Crippen molar-refractivity contribution in [3.8, 4) is 0 Å². The number of nitrogens with one attached hydrogen (secondary N) is 2. The number of carbonyl (C=O) groups excluding carboxylic acids is 2. The minimum absolute atomic E-state index is 0.101. The highest BCUT2D eigenvalue weighted by Gasteiger charge is 2.22. The molecule has 0 saturated carbocycles. The molecule has 0 radical (unpaired) electrons. The van der Waals surface area contributed by atoms with Crippen molar-refractivity contribution in [2.75, 3.05) is 25.4 Å². The van der Waals surface area contributed by atoms with E-state index in [0.717, 1.165) is 17.3 Å². The van der Waals surface area contributed by atoms with Crippen molar-refractivity contribution in [2.45, 2.75) is 6.42 Å². The third kappa shape index (κ3) is 2.20. The summed E-state index contributed by atoms with van der Waals surface area (Å²) in [6.07, 6.45) is 0.764. The Hall–Kier alpha value is -2.50. The smallest absolute Gasteiger partial charge is 0.270 e. The first-order chi connectivity index (χ1) is 9.65. The van der Waals surface area contributed by atoms with Crippen LogP contribution in [-0.4, -0.2) is 41.3 Å². The van der Waals surface area contributed by atoms with Crippen LogP contribution >= 0.6 is 0 Å². The molecule has 1 aromatic carbocycles. The Bertz CT molecular complexity index is 677. The van der Waals surface area contributed by atoms with E-state index in [-0.39, 0.29) is 18.4 Å². The first kappa shape index (κ1) is 12.5. The molecule has 0 aliphatic carbocycles. The molecule has 0 spiro atoms. The maximum atomic E-state index is 12.5. The molecule has 3 rings (SSSR count). The number of rotatable bonds is 1. The highest BCUT2D eigenvalue weighted by Crippen LogP contribution is 2.22. The number of hydrogen-bond donors (Lipinski definition) is 3.